The first-order valence-corrected chi connectivity index (χ1v) is 9.15. The van der Waals surface area contributed by atoms with Crippen LogP contribution in [0.25, 0.3) is 0 Å². The number of hydrogen-bond acceptors (Lipinski definition) is 5. The van der Waals surface area contributed by atoms with Crippen LogP contribution in [0.15, 0.2) is 35.4 Å². The van der Waals surface area contributed by atoms with Crippen LogP contribution in [-0.4, -0.2) is 30.8 Å². The third-order valence-corrected chi connectivity index (χ3v) is 4.48. The van der Waals surface area contributed by atoms with Gasteiger partial charge in [0.15, 0.2) is 5.82 Å². The molecule has 2 rings (SSSR count). The van der Waals surface area contributed by atoms with Crippen molar-refractivity contribution in [1.29, 1.82) is 5.26 Å². The summed E-state index contributed by atoms with van der Waals surface area (Å²) in [5, 5.41) is 15.6. The van der Waals surface area contributed by atoms with Crippen molar-refractivity contribution < 1.29 is 0 Å². The highest BCUT2D eigenvalue weighted by Gasteiger charge is 2.11. The molecule has 0 aliphatic heterocycles. The van der Waals surface area contributed by atoms with Gasteiger partial charge in [-0.25, -0.2) is 9.99 Å². The minimum absolute atomic E-state index is 0.208. The van der Waals surface area contributed by atoms with E-state index in [1.165, 1.54) is 5.69 Å². The van der Waals surface area contributed by atoms with Gasteiger partial charge in [-0.2, -0.15) is 10.4 Å². The molecule has 0 N–H and O–H groups in total. The Hall–Kier alpha value is -2.58. The number of hydrazone groups is 1. The molecule has 0 aliphatic carbocycles. The zero-order chi connectivity index (χ0) is 19.1. The first-order chi connectivity index (χ1) is 12.5. The number of benzene rings is 1. The van der Waals surface area contributed by atoms with Gasteiger partial charge in [-0.05, 0) is 57.0 Å². The third-order valence-electron chi connectivity index (χ3n) is 4.20. The molecule has 0 unspecified atom stereocenters. The molecule has 0 fully saturated rings. The van der Waals surface area contributed by atoms with Crippen molar-refractivity contribution in [3.8, 4) is 6.07 Å². The van der Waals surface area contributed by atoms with Crippen LogP contribution in [0.1, 0.15) is 37.5 Å². The summed E-state index contributed by atoms with van der Waals surface area (Å²) in [6.07, 6.45) is 1.80. The smallest absolute Gasteiger partial charge is 0.150 e. The largest absolute Gasteiger partial charge is 0.372 e. The summed E-state index contributed by atoms with van der Waals surface area (Å²) >= 11 is 6.11. The Morgan fingerprint density at radius 1 is 1.15 bits per heavy atom. The van der Waals surface area contributed by atoms with Gasteiger partial charge in [0.05, 0.1) is 11.8 Å². The average Bonchev–Trinajstić information content (AvgIpc) is 2.64. The second-order valence-electron chi connectivity index (χ2n) is 5.80. The van der Waals surface area contributed by atoms with E-state index in [-0.39, 0.29) is 5.15 Å². The minimum Gasteiger partial charge on any atom is -0.372 e. The first-order valence-electron chi connectivity index (χ1n) is 8.77. The molecule has 1 aromatic carbocycles. The highest BCUT2D eigenvalue weighted by Crippen LogP contribution is 2.23. The van der Waals surface area contributed by atoms with Crippen LogP contribution in [0.3, 0.4) is 0 Å². The zero-order valence-electron chi connectivity index (χ0n) is 15.7. The van der Waals surface area contributed by atoms with E-state index in [0.717, 1.165) is 24.2 Å². The fraction of sp³-hybridized carbons (Fsp3) is 0.350. The van der Waals surface area contributed by atoms with Crippen molar-refractivity contribution >= 4 is 29.3 Å². The summed E-state index contributed by atoms with van der Waals surface area (Å²) in [6, 6.07) is 12.2. The van der Waals surface area contributed by atoms with Crippen LogP contribution in [-0.2, 0) is 0 Å². The molecule has 1 aromatic heterocycles. The van der Waals surface area contributed by atoms with Gasteiger partial charge in [0, 0.05) is 25.3 Å². The molecule has 1 heterocycles. The lowest BCUT2D eigenvalue weighted by Crippen LogP contribution is -2.21. The van der Waals surface area contributed by atoms with Gasteiger partial charge in [-0.15, -0.1) is 0 Å². The number of nitrogens with zero attached hydrogens (tertiary/aromatic N) is 5. The molecule has 6 heteroatoms. The van der Waals surface area contributed by atoms with Crippen LogP contribution >= 0.6 is 11.6 Å². The molecule has 136 valence electrons. The molecule has 0 spiro atoms. The normalized spacial score (nSPS) is 10.8. The Balaban J connectivity index is 2.21. The van der Waals surface area contributed by atoms with Crippen molar-refractivity contribution in [2.75, 3.05) is 29.5 Å². The fourth-order valence-electron chi connectivity index (χ4n) is 2.68. The lowest BCUT2D eigenvalue weighted by molar-refractivity contribution is 0.866. The molecule has 0 saturated heterocycles. The number of pyridine rings is 1. The SMILES string of the molecule is CCN(CC)c1ccc(C=NN(CC)c2cc(C)c(C#N)c(Cl)n2)cc1. The second kappa shape index (κ2) is 9.21. The maximum atomic E-state index is 9.11. The van der Waals surface area contributed by atoms with Crippen LogP contribution in [0.2, 0.25) is 5.15 Å². The minimum atomic E-state index is 0.208. The maximum Gasteiger partial charge on any atom is 0.150 e. The summed E-state index contributed by atoms with van der Waals surface area (Å²) in [6.45, 7) is 10.7. The van der Waals surface area contributed by atoms with Gasteiger partial charge in [0.2, 0.25) is 0 Å². The quantitative estimate of drug-likeness (QED) is 0.406. The number of hydrogen-bond donors (Lipinski definition) is 0. The fourth-order valence-corrected chi connectivity index (χ4v) is 2.96. The van der Waals surface area contributed by atoms with E-state index in [0.29, 0.717) is 17.9 Å². The number of anilines is 2. The maximum absolute atomic E-state index is 9.11. The second-order valence-corrected chi connectivity index (χ2v) is 6.16. The predicted octanol–water partition coefficient (Wildman–Crippen LogP) is 4.62. The van der Waals surface area contributed by atoms with Crippen molar-refractivity contribution in [2.24, 2.45) is 5.10 Å². The summed E-state index contributed by atoms with van der Waals surface area (Å²) in [5.74, 6) is 0.630. The summed E-state index contributed by atoms with van der Waals surface area (Å²) in [4.78, 5) is 6.59. The molecular formula is C20H24ClN5. The third kappa shape index (κ3) is 4.53. The number of nitriles is 1. The molecule has 0 bridgehead atoms. The topological polar surface area (TPSA) is 55.5 Å². The Bertz CT molecular complexity index is 781. The van der Waals surface area contributed by atoms with E-state index in [2.05, 4.69) is 59.2 Å². The van der Waals surface area contributed by atoms with Gasteiger partial charge in [-0.1, -0.05) is 23.7 Å². The molecular weight excluding hydrogens is 346 g/mol. The van der Waals surface area contributed by atoms with E-state index >= 15 is 0 Å². The van der Waals surface area contributed by atoms with E-state index < -0.39 is 0 Å². The van der Waals surface area contributed by atoms with Crippen LogP contribution < -0.4 is 9.91 Å². The summed E-state index contributed by atoms with van der Waals surface area (Å²) in [5.41, 5.74) is 3.41. The first kappa shape index (κ1) is 19.7. The van der Waals surface area contributed by atoms with Crippen LogP contribution in [0.5, 0.6) is 0 Å². The highest BCUT2D eigenvalue weighted by atomic mass is 35.5. The van der Waals surface area contributed by atoms with Crippen LogP contribution in [0, 0.1) is 18.3 Å². The lowest BCUT2D eigenvalue weighted by Gasteiger charge is -2.21. The Kier molecular flexibility index (Phi) is 6.99. The highest BCUT2D eigenvalue weighted by molar-refractivity contribution is 6.30. The van der Waals surface area contributed by atoms with Crippen molar-refractivity contribution in [3.05, 3.63) is 52.2 Å². The van der Waals surface area contributed by atoms with E-state index in [1.54, 1.807) is 11.2 Å². The van der Waals surface area contributed by atoms with E-state index in [4.69, 9.17) is 16.9 Å². The van der Waals surface area contributed by atoms with E-state index in [1.807, 2.05) is 19.9 Å². The zero-order valence-corrected chi connectivity index (χ0v) is 16.5. The van der Waals surface area contributed by atoms with Gasteiger partial charge in [-0.3, -0.25) is 0 Å². The standard InChI is InChI=1S/C20H24ClN5/c1-5-25(6-2)17-10-8-16(9-11-17)14-23-26(7-3)19-12-15(4)18(13-22)20(21)24-19/h8-12,14H,5-7H2,1-4H3. The number of aryl methyl sites for hydroxylation is 1. The lowest BCUT2D eigenvalue weighted by atomic mass is 10.2. The van der Waals surface area contributed by atoms with Gasteiger partial charge in [0.1, 0.15) is 11.2 Å². The molecule has 0 aliphatic rings. The van der Waals surface area contributed by atoms with E-state index in [9.17, 15) is 0 Å². The predicted molar refractivity (Wildman–Crippen MR) is 109 cm³/mol. The molecule has 2 aromatic rings. The molecule has 0 radical (unpaired) electrons. The van der Waals surface area contributed by atoms with Crippen LogP contribution in [0.4, 0.5) is 11.5 Å². The number of rotatable bonds is 7. The Morgan fingerprint density at radius 3 is 2.31 bits per heavy atom. The monoisotopic (exact) mass is 369 g/mol. The van der Waals surface area contributed by atoms with Gasteiger partial charge >= 0.3 is 0 Å². The number of aromatic nitrogens is 1. The summed E-state index contributed by atoms with van der Waals surface area (Å²) in [7, 11) is 0. The number of halogens is 1. The average molecular weight is 370 g/mol. The van der Waals surface area contributed by atoms with Gasteiger partial charge in [0.25, 0.3) is 0 Å². The molecule has 26 heavy (non-hydrogen) atoms. The molecule has 5 nitrogen and oxygen atoms in total. The van der Waals surface area contributed by atoms with Crippen molar-refractivity contribution in [3.63, 3.8) is 0 Å². The summed E-state index contributed by atoms with van der Waals surface area (Å²) < 4.78 is 0. The Morgan fingerprint density at radius 2 is 1.81 bits per heavy atom. The molecule has 0 atom stereocenters. The van der Waals surface area contributed by atoms with Crippen molar-refractivity contribution in [1.82, 2.24) is 4.98 Å². The molecule has 0 amide bonds. The Labute approximate surface area is 160 Å². The van der Waals surface area contributed by atoms with Gasteiger partial charge < -0.3 is 4.90 Å². The van der Waals surface area contributed by atoms with Crippen molar-refractivity contribution in [2.45, 2.75) is 27.7 Å². The molecule has 0 saturated carbocycles.